The van der Waals surface area contributed by atoms with Gasteiger partial charge in [0, 0.05) is 16.6 Å². The van der Waals surface area contributed by atoms with E-state index in [1.165, 1.54) is 12.1 Å². The van der Waals surface area contributed by atoms with Crippen LogP contribution >= 0.6 is 15.9 Å². The van der Waals surface area contributed by atoms with Crippen LogP contribution in [0.4, 0.5) is 8.78 Å². The first-order valence-electron chi connectivity index (χ1n) is 7.66. The van der Waals surface area contributed by atoms with Crippen LogP contribution in [-0.4, -0.2) is 24.0 Å². The number of amides is 1. The van der Waals surface area contributed by atoms with E-state index in [0.29, 0.717) is 12.1 Å². The fourth-order valence-corrected chi connectivity index (χ4v) is 3.46. The molecule has 2 aromatic rings. The fraction of sp³-hybridized carbons (Fsp3) is 0.278. The molecule has 0 bridgehead atoms. The van der Waals surface area contributed by atoms with Gasteiger partial charge in [-0.3, -0.25) is 4.79 Å². The Kier molecular flexibility index (Phi) is 5.14. The predicted molar refractivity (Wildman–Crippen MR) is 90.2 cm³/mol. The average Bonchev–Trinajstić information content (AvgIpc) is 3.03. The van der Waals surface area contributed by atoms with E-state index in [9.17, 15) is 13.6 Å². The number of rotatable bonds is 4. The maximum Gasteiger partial charge on any atom is 0.387 e. The Morgan fingerprint density at radius 1 is 1.21 bits per heavy atom. The lowest BCUT2D eigenvalue weighted by Crippen LogP contribution is -2.30. The number of likely N-dealkylation sites (tertiary alicyclic amines) is 1. The topological polar surface area (TPSA) is 29.5 Å². The van der Waals surface area contributed by atoms with Crippen molar-refractivity contribution in [3.05, 3.63) is 64.1 Å². The van der Waals surface area contributed by atoms with Crippen molar-refractivity contribution in [2.24, 2.45) is 0 Å². The molecule has 1 amide bonds. The van der Waals surface area contributed by atoms with E-state index in [1.807, 2.05) is 24.3 Å². The molecule has 0 aliphatic carbocycles. The van der Waals surface area contributed by atoms with E-state index in [1.54, 1.807) is 17.0 Å². The van der Waals surface area contributed by atoms with Gasteiger partial charge in [0.15, 0.2) is 0 Å². The van der Waals surface area contributed by atoms with Gasteiger partial charge in [0.2, 0.25) is 0 Å². The zero-order valence-electron chi connectivity index (χ0n) is 12.8. The van der Waals surface area contributed by atoms with Crippen LogP contribution in [0, 0.1) is 0 Å². The van der Waals surface area contributed by atoms with Crippen LogP contribution in [0.1, 0.15) is 34.8 Å². The highest BCUT2D eigenvalue weighted by Crippen LogP contribution is 2.34. The molecule has 1 aliphatic rings. The molecular weight excluding hydrogens is 380 g/mol. The van der Waals surface area contributed by atoms with Crippen molar-refractivity contribution >= 4 is 21.8 Å². The third kappa shape index (κ3) is 3.75. The van der Waals surface area contributed by atoms with Gasteiger partial charge < -0.3 is 9.64 Å². The SMILES string of the molecule is O=C(c1cccc(OC(F)F)c1)N1CCCC1c1cccc(Br)c1. The second-order valence-electron chi connectivity index (χ2n) is 5.62. The summed E-state index contributed by atoms with van der Waals surface area (Å²) in [5, 5.41) is 0. The summed E-state index contributed by atoms with van der Waals surface area (Å²) in [7, 11) is 0. The number of hydrogen-bond donors (Lipinski definition) is 0. The van der Waals surface area contributed by atoms with Gasteiger partial charge >= 0.3 is 6.61 Å². The Morgan fingerprint density at radius 3 is 2.75 bits per heavy atom. The number of halogens is 3. The molecule has 0 saturated carbocycles. The van der Waals surface area contributed by atoms with Crippen molar-refractivity contribution in [2.75, 3.05) is 6.54 Å². The van der Waals surface area contributed by atoms with Crippen LogP contribution in [0.25, 0.3) is 0 Å². The highest BCUT2D eigenvalue weighted by Gasteiger charge is 2.30. The highest BCUT2D eigenvalue weighted by molar-refractivity contribution is 9.10. The van der Waals surface area contributed by atoms with Crippen molar-refractivity contribution in [3.63, 3.8) is 0 Å². The third-order valence-corrected chi connectivity index (χ3v) is 4.55. The summed E-state index contributed by atoms with van der Waals surface area (Å²) >= 11 is 3.45. The number of carbonyl (C=O) groups excluding carboxylic acids is 1. The molecule has 1 fully saturated rings. The van der Waals surface area contributed by atoms with Crippen molar-refractivity contribution in [1.29, 1.82) is 0 Å². The Hall–Kier alpha value is -1.95. The van der Waals surface area contributed by atoms with E-state index in [4.69, 9.17) is 0 Å². The molecule has 1 saturated heterocycles. The van der Waals surface area contributed by atoms with Crippen molar-refractivity contribution < 1.29 is 18.3 Å². The van der Waals surface area contributed by atoms with Gasteiger partial charge in [0.05, 0.1) is 6.04 Å². The van der Waals surface area contributed by atoms with Gasteiger partial charge in [-0.15, -0.1) is 0 Å². The molecule has 126 valence electrons. The minimum Gasteiger partial charge on any atom is -0.435 e. The second-order valence-corrected chi connectivity index (χ2v) is 6.53. The predicted octanol–water partition coefficient (Wildman–Crippen LogP) is 5.03. The molecule has 1 atom stereocenters. The fourth-order valence-electron chi connectivity index (χ4n) is 3.04. The summed E-state index contributed by atoms with van der Waals surface area (Å²) in [6.07, 6.45) is 1.80. The van der Waals surface area contributed by atoms with Crippen LogP contribution < -0.4 is 4.74 Å². The van der Waals surface area contributed by atoms with Crippen molar-refractivity contribution in [2.45, 2.75) is 25.5 Å². The van der Waals surface area contributed by atoms with Gasteiger partial charge in [0.1, 0.15) is 5.75 Å². The summed E-state index contributed by atoms with van der Waals surface area (Å²) in [5.41, 5.74) is 1.42. The molecule has 3 rings (SSSR count). The lowest BCUT2D eigenvalue weighted by molar-refractivity contribution is -0.0499. The lowest BCUT2D eigenvalue weighted by Gasteiger charge is -2.25. The minimum absolute atomic E-state index is 0.00493. The number of alkyl halides is 2. The minimum atomic E-state index is -2.91. The maximum atomic E-state index is 12.8. The zero-order valence-corrected chi connectivity index (χ0v) is 14.4. The number of nitrogens with zero attached hydrogens (tertiary/aromatic N) is 1. The van der Waals surface area contributed by atoms with E-state index in [2.05, 4.69) is 20.7 Å². The molecule has 1 aliphatic heterocycles. The average molecular weight is 396 g/mol. The van der Waals surface area contributed by atoms with Crippen LogP contribution in [0.5, 0.6) is 5.75 Å². The molecule has 24 heavy (non-hydrogen) atoms. The van der Waals surface area contributed by atoms with E-state index in [-0.39, 0.29) is 17.7 Å². The Bertz CT molecular complexity index is 738. The Labute approximate surface area is 147 Å². The molecule has 0 spiro atoms. The van der Waals surface area contributed by atoms with Crippen LogP contribution in [0.2, 0.25) is 0 Å². The van der Waals surface area contributed by atoms with E-state index in [0.717, 1.165) is 22.9 Å². The van der Waals surface area contributed by atoms with Crippen LogP contribution in [0.3, 0.4) is 0 Å². The molecular formula is C18H16BrF2NO2. The maximum absolute atomic E-state index is 12.8. The Morgan fingerprint density at radius 2 is 2.00 bits per heavy atom. The van der Waals surface area contributed by atoms with Crippen molar-refractivity contribution in [1.82, 2.24) is 4.90 Å². The van der Waals surface area contributed by atoms with Gasteiger partial charge in [-0.25, -0.2) is 0 Å². The summed E-state index contributed by atoms with van der Waals surface area (Å²) in [4.78, 5) is 14.6. The number of hydrogen-bond acceptors (Lipinski definition) is 2. The molecule has 0 aromatic heterocycles. The van der Waals surface area contributed by atoms with E-state index >= 15 is 0 Å². The number of ether oxygens (including phenoxy) is 1. The Balaban J connectivity index is 1.83. The molecule has 1 heterocycles. The summed E-state index contributed by atoms with van der Waals surface area (Å²) in [6.45, 7) is -2.26. The second kappa shape index (κ2) is 7.30. The summed E-state index contributed by atoms with van der Waals surface area (Å²) in [6, 6.07) is 13.8. The van der Waals surface area contributed by atoms with Crippen molar-refractivity contribution in [3.8, 4) is 5.75 Å². The first-order valence-corrected chi connectivity index (χ1v) is 8.45. The lowest BCUT2D eigenvalue weighted by atomic mass is 10.0. The largest absolute Gasteiger partial charge is 0.435 e. The number of carbonyl (C=O) groups is 1. The molecule has 2 aromatic carbocycles. The molecule has 0 radical (unpaired) electrons. The number of benzene rings is 2. The van der Waals surface area contributed by atoms with Gasteiger partial charge in [-0.05, 0) is 48.7 Å². The molecule has 3 nitrogen and oxygen atoms in total. The van der Waals surface area contributed by atoms with Crippen LogP contribution in [0.15, 0.2) is 53.0 Å². The highest BCUT2D eigenvalue weighted by atomic mass is 79.9. The van der Waals surface area contributed by atoms with Gasteiger partial charge in [0.25, 0.3) is 5.91 Å². The molecule has 0 N–H and O–H groups in total. The first-order chi connectivity index (χ1) is 11.5. The zero-order chi connectivity index (χ0) is 17.1. The standard InChI is InChI=1S/C18H16BrF2NO2/c19-14-6-1-4-12(10-14)16-8-3-9-22(16)17(23)13-5-2-7-15(11-13)24-18(20)21/h1-2,4-7,10-11,16,18H,3,8-9H2. The van der Waals surface area contributed by atoms with E-state index < -0.39 is 6.61 Å². The quantitative estimate of drug-likeness (QED) is 0.726. The monoisotopic (exact) mass is 395 g/mol. The summed E-state index contributed by atoms with van der Waals surface area (Å²) in [5.74, 6) is -0.175. The summed E-state index contributed by atoms with van der Waals surface area (Å²) < 4.78 is 30.1. The van der Waals surface area contributed by atoms with Crippen LogP contribution in [-0.2, 0) is 0 Å². The third-order valence-electron chi connectivity index (χ3n) is 4.05. The van der Waals surface area contributed by atoms with Gasteiger partial charge in [-0.2, -0.15) is 8.78 Å². The normalized spacial score (nSPS) is 17.3. The molecule has 6 heteroatoms. The smallest absolute Gasteiger partial charge is 0.387 e. The molecule has 1 unspecified atom stereocenters. The first kappa shape index (κ1) is 16.9. The van der Waals surface area contributed by atoms with Gasteiger partial charge in [-0.1, -0.05) is 34.1 Å².